The molecule has 1 N–H and O–H groups in total. The van der Waals surface area contributed by atoms with Crippen LogP contribution in [0.2, 0.25) is 0 Å². The van der Waals surface area contributed by atoms with Gasteiger partial charge in [0.25, 0.3) is 0 Å². The van der Waals surface area contributed by atoms with Crippen molar-refractivity contribution in [1.29, 1.82) is 0 Å². The van der Waals surface area contributed by atoms with Gasteiger partial charge in [0.15, 0.2) is 0 Å². The molecule has 4 heteroatoms. The molecule has 0 saturated heterocycles. The van der Waals surface area contributed by atoms with E-state index in [1.165, 1.54) is 4.88 Å². The Balaban J connectivity index is 2.61. The summed E-state index contributed by atoms with van der Waals surface area (Å²) in [5, 5.41) is 4.74. The normalized spacial score (nSPS) is 14.8. The molecule has 1 amide bonds. The molecular weight excluding hydrogens is 214 g/mol. The number of amides is 1. The van der Waals surface area contributed by atoms with Gasteiger partial charge in [0.05, 0.1) is 11.3 Å². The first kappa shape index (κ1) is 11.6. The number of hydrogen-bond donors (Lipinski definition) is 2. The highest BCUT2D eigenvalue weighted by molar-refractivity contribution is 7.81. The number of carbonyl (C=O) groups excluding carboxylic acids is 1. The highest BCUT2D eigenvalue weighted by atomic mass is 32.1. The van der Waals surface area contributed by atoms with Gasteiger partial charge in [-0.05, 0) is 24.8 Å². The first-order valence-corrected chi connectivity index (χ1v) is 6.06. The summed E-state index contributed by atoms with van der Waals surface area (Å²) in [5.74, 6) is -0.00594. The molecule has 0 aliphatic carbocycles. The van der Waals surface area contributed by atoms with Crippen LogP contribution in [-0.4, -0.2) is 11.2 Å². The Kier molecular flexibility index (Phi) is 4.48. The molecule has 0 aliphatic rings. The second kappa shape index (κ2) is 5.41. The van der Waals surface area contributed by atoms with Gasteiger partial charge in [0, 0.05) is 4.88 Å². The van der Waals surface area contributed by atoms with Crippen LogP contribution in [-0.2, 0) is 4.79 Å². The summed E-state index contributed by atoms with van der Waals surface area (Å²) in [5.41, 5.74) is 0. The maximum atomic E-state index is 11.4. The molecule has 0 aliphatic heterocycles. The first-order chi connectivity index (χ1) is 6.65. The van der Waals surface area contributed by atoms with Crippen LogP contribution in [0.3, 0.4) is 0 Å². The summed E-state index contributed by atoms with van der Waals surface area (Å²) in [4.78, 5) is 12.6. The summed E-state index contributed by atoms with van der Waals surface area (Å²) in [7, 11) is 0. The van der Waals surface area contributed by atoms with Gasteiger partial charge in [0.2, 0.25) is 5.91 Å². The van der Waals surface area contributed by atoms with Gasteiger partial charge in [-0.25, -0.2) is 0 Å². The smallest absolute Gasteiger partial charge is 0.233 e. The van der Waals surface area contributed by atoms with Gasteiger partial charge >= 0.3 is 0 Å². The molecular formula is C10H15NOS2. The monoisotopic (exact) mass is 229 g/mol. The van der Waals surface area contributed by atoms with E-state index in [4.69, 9.17) is 0 Å². The van der Waals surface area contributed by atoms with Crippen LogP contribution >= 0.6 is 24.0 Å². The predicted octanol–water partition coefficient (Wildman–Crippen LogP) is 2.63. The maximum Gasteiger partial charge on any atom is 0.233 e. The minimum absolute atomic E-state index is 0.00594. The third-order valence-corrected chi connectivity index (χ3v) is 3.21. The Morgan fingerprint density at radius 1 is 1.71 bits per heavy atom. The van der Waals surface area contributed by atoms with Crippen molar-refractivity contribution < 1.29 is 4.79 Å². The molecule has 0 fully saturated rings. The molecule has 1 rings (SSSR count). The molecule has 0 spiro atoms. The van der Waals surface area contributed by atoms with Crippen molar-refractivity contribution >= 4 is 29.9 Å². The quantitative estimate of drug-likeness (QED) is 0.764. The molecule has 0 radical (unpaired) electrons. The van der Waals surface area contributed by atoms with Crippen LogP contribution in [0.5, 0.6) is 0 Å². The van der Waals surface area contributed by atoms with E-state index >= 15 is 0 Å². The molecule has 0 saturated carbocycles. The summed E-state index contributed by atoms with van der Waals surface area (Å²) in [6.07, 6.45) is 0.909. The average Bonchev–Trinajstić information content (AvgIpc) is 2.66. The second-order valence-electron chi connectivity index (χ2n) is 3.16. The lowest BCUT2D eigenvalue weighted by atomic mass is 10.2. The van der Waals surface area contributed by atoms with Crippen LogP contribution in [0.15, 0.2) is 17.5 Å². The Labute approximate surface area is 94.1 Å². The Hall–Kier alpha value is -0.480. The van der Waals surface area contributed by atoms with Crippen molar-refractivity contribution in [2.45, 2.75) is 31.6 Å². The predicted molar refractivity (Wildman–Crippen MR) is 63.9 cm³/mol. The van der Waals surface area contributed by atoms with Crippen molar-refractivity contribution in [3.05, 3.63) is 22.4 Å². The summed E-state index contributed by atoms with van der Waals surface area (Å²) in [6.45, 7) is 3.84. The lowest BCUT2D eigenvalue weighted by Gasteiger charge is -2.16. The fraction of sp³-hybridized carbons (Fsp3) is 0.500. The minimum Gasteiger partial charge on any atom is -0.348 e. The summed E-state index contributed by atoms with van der Waals surface area (Å²) in [6, 6.07) is 4.18. The van der Waals surface area contributed by atoms with Gasteiger partial charge < -0.3 is 5.32 Å². The van der Waals surface area contributed by atoms with E-state index in [2.05, 4.69) is 24.9 Å². The molecule has 1 heterocycles. The minimum atomic E-state index is -0.246. The zero-order chi connectivity index (χ0) is 10.6. The number of thiophene rings is 1. The zero-order valence-electron chi connectivity index (χ0n) is 8.36. The van der Waals surface area contributed by atoms with Crippen molar-refractivity contribution in [3.8, 4) is 0 Å². The van der Waals surface area contributed by atoms with Gasteiger partial charge in [0.1, 0.15) is 0 Å². The maximum absolute atomic E-state index is 11.4. The number of nitrogens with one attached hydrogen (secondary N) is 1. The van der Waals surface area contributed by atoms with Crippen molar-refractivity contribution in [3.63, 3.8) is 0 Å². The van der Waals surface area contributed by atoms with Crippen LogP contribution < -0.4 is 5.32 Å². The molecule has 0 aromatic carbocycles. The molecule has 1 aromatic heterocycles. The Morgan fingerprint density at radius 2 is 2.43 bits per heavy atom. The van der Waals surface area contributed by atoms with E-state index < -0.39 is 0 Å². The molecule has 2 atom stereocenters. The van der Waals surface area contributed by atoms with Crippen LogP contribution in [0.4, 0.5) is 0 Å². The highest BCUT2D eigenvalue weighted by Gasteiger charge is 2.15. The van der Waals surface area contributed by atoms with E-state index in [0.717, 1.165) is 6.42 Å². The Bertz CT molecular complexity index is 282. The molecule has 2 unspecified atom stereocenters. The van der Waals surface area contributed by atoms with E-state index in [1.807, 2.05) is 17.5 Å². The fourth-order valence-corrected chi connectivity index (χ4v) is 2.09. The lowest BCUT2D eigenvalue weighted by Crippen LogP contribution is -2.32. The number of hydrogen-bond acceptors (Lipinski definition) is 3. The van der Waals surface area contributed by atoms with Crippen LogP contribution in [0.25, 0.3) is 0 Å². The van der Waals surface area contributed by atoms with Crippen molar-refractivity contribution in [2.75, 3.05) is 0 Å². The third-order valence-electron chi connectivity index (χ3n) is 1.99. The summed E-state index contributed by atoms with van der Waals surface area (Å²) >= 11 is 5.76. The number of thiol groups is 1. The largest absolute Gasteiger partial charge is 0.348 e. The number of carbonyl (C=O) groups is 1. The van der Waals surface area contributed by atoms with Gasteiger partial charge in [-0.15, -0.1) is 11.3 Å². The SMILES string of the molecule is CCC(NC(=O)C(C)S)c1cccs1. The van der Waals surface area contributed by atoms with Crippen LogP contribution in [0, 0.1) is 0 Å². The summed E-state index contributed by atoms with van der Waals surface area (Å²) < 4.78 is 0. The average molecular weight is 229 g/mol. The Morgan fingerprint density at radius 3 is 2.86 bits per heavy atom. The second-order valence-corrected chi connectivity index (χ2v) is 4.91. The lowest BCUT2D eigenvalue weighted by molar-refractivity contribution is -0.121. The standard InChI is InChI=1S/C10H15NOS2/c1-3-8(9-5-4-6-14-9)11-10(12)7(2)13/h4-8,13H,3H2,1-2H3,(H,11,12). The van der Waals surface area contributed by atoms with Gasteiger partial charge in [-0.2, -0.15) is 12.6 Å². The molecule has 1 aromatic rings. The zero-order valence-corrected chi connectivity index (χ0v) is 10.1. The van der Waals surface area contributed by atoms with Crippen LogP contribution in [0.1, 0.15) is 31.2 Å². The molecule has 78 valence electrons. The molecule has 0 bridgehead atoms. The van der Waals surface area contributed by atoms with Crippen molar-refractivity contribution in [2.24, 2.45) is 0 Å². The van der Waals surface area contributed by atoms with Crippen molar-refractivity contribution in [1.82, 2.24) is 5.32 Å². The number of rotatable bonds is 4. The van der Waals surface area contributed by atoms with Gasteiger partial charge in [-0.1, -0.05) is 13.0 Å². The topological polar surface area (TPSA) is 29.1 Å². The van der Waals surface area contributed by atoms with E-state index in [-0.39, 0.29) is 17.2 Å². The first-order valence-electron chi connectivity index (χ1n) is 4.67. The van der Waals surface area contributed by atoms with Gasteiger partial charge in [-0.3, -0.25) is 4.79 Å². The van der Waals surface area contributed by atoms with E-state index in [0.29, 0.717) is 0 Å². The molecule has 14 heavy (non-hydrogen) atoms. The highest BCUT2D eigenvalue weighted by Crippen LogP contribution is 2.21. The molecule has 2 nitrogen and oxygen atoms in total. The van der Waals surface area contributed by atoms with E-state index in [9.17, 15) is 4.79 Å². The van der Waals surface area contributed by atoms with E-state index in [1.54, 1.807) is 18.3 Å². The fourth-order valence-electron chi connectivity index (χ4n) is 1.16. The third kappa shape index (κ3) is 3.03.